The summed E-state index contributed by atoms with van der Waals surface area (Å²) in [5, 5.41) is 3.44. The predicted octanol–water partition coefficient (Wildman–Crippen LogP) is 2.09. The number of aryl methyl sites for hydroxylation is 1. The molecular formula is C8H8F3N3. The molecule has 0 aromatic carbocycles. The van der Waals surface area contributed by atoms with Crippen LogP contribution in [0, 0.1) is 0 Å². The molecule has 14 heavy (non-hydrogen) atoms. The summed E-state index contributed by atoms with van der Waals surface area (Å²) in [6, 6.07) is 0. The first-order valence-electron chi connectivity index (χ1n) is 4.15. The molecule has 0 unspecified atom stereocenters. The maximum atomic E-state index is 12.4. The van der Waals surface area contributed by atoms with Gasteiger partial charge in [0.1, 0.15) is 5.69 Å². The molecule has 1 aliphatic rings. The number of halogens is 3. The number of fused-ring (bicyclic) bond motifs is 1. The van der Waals surface area contributed by atoms with Gasteiger partial charge in [-0.3, -0.25) is 9.67 Å². The minimum Gasteiger partial charge on any atom is -0.270 e. The number of rotatable bonds is 0. The van der Waals surface area contributed by atoms with Crippen molar-refractivity contribution >= 4 is 11.9 Å². The Morgan fingerprint density at radius 1 is 1.43 bits per heavy atom. The Balaban J connectivity index is 2.60. The summed E-state index contributed by atoms with van der Waals surface area (Å²) < 4.78 is 38.6. The number of nitrogens with zero attached hydrogens (tertiary/aromatic N) is 3. The number of aliphatic imine (C=N–C) groups is 1. The summed E-state index contributed by atoms with van der Waals surface area (Å²) in [4.78, 5) is 3.75. The van der Waals surface area contributed by atoms with Gasteiger partial charge in [-0.2, -0.15) is 18.3 Å². The molecule has 0 aliphatic carbocycles. The van der Waals surface area contributed by atoms with Crippen LogP contribution in [0.5, 0.6) is 0 Å². The van der Waals surface area contributed by atoms with Gasteiger partial charge < -0.3 is 0 Å². The fourth-order valence-corrected chi connectivity index (χ4v) is 1.51. The van der Waals surface area contributed by atoms with Crippen LogP contribution < -0.4 is 0 Å². The quantitative estimate of drug-likeness (QED) is 0.635. The summed E-state index contributed by atoms with van der Waals surface area (Å²) in [7, 11) is 1.51. The fourth-order valence-electron chi connectivity index (χ4n) is 1.51. The minimum atomic E-state index is -4.42. The van der Waals surface area contributed by atoms with Gasteiger partial charge in [0.25, 0.3) is 0 Å². The highest BCUT2D eigenvalue weighted by Crippen LogP contribution is 2.38. The number of alkyl halides is 3. The minimum absolute atomic E-state index is 0.0220. The Kier molecular flexibility index (Phi) is 1.87. The first-order valence-corrected chi connectivity index (χ1v) is 4.15. The first-order chi connectivity index (χ1) is 6.50. The summed E-state index contributed by atoms with van der Waals surface area (Å²) >= 11 is 0. The summed E-state index contributed by atoms with van der Waals surface area (Å²) in [6.07, 6.45) is -1.68. The van der Waals surface area contributed by atoms with Crippen molar-refractivity contribution in [3.63, 3.8) is 0 Å². The summed E-state index contributed by atoms with van der Waals surface area (Å²) in [5.74, 6) is 0. The fraction of sp³-hybridized carbons (Fsp3) is 0.500. The van der Waals surface area contributed by atoms with Crippen LogP contribution in [-0.2, 0) is 19.6 Å². The van der Waals surface area contributed by atoms with E-state index >= 15 is 0 Å². The molecular weight excluding hydrogens is 195 g/mol. The standard InChI is InChI=1S/C8H8F3N3/c1-14-5-3-2-4-12-6(5)7(13-14)8(9,10)11/h4H,2-3H2,1H3. The molecule has 6 heteroatoms. The Hall–Kier alpha value is -1.33. The molecule has 0 saturated heterocycles. The van der Waals surface area contributed by atoms with E-state index in [1.807, 2.05) is 0 Å². The van der Waals surface area contributed by atoms with Crippen molar-refractivity contribution in [2.24, 2.45) is 12.0 Å². The molecule has 1 aromatic rings. The molecule has 0 bridgehead atoms. The van der Waals surface area contributed by atoms with Crippen LogP contribution in [0.2, 0.25) is 0 Å². The van der Waals surface area contributed by atoms with Crippen LogP contribution in [0.25, 0.3) is 0 Å². The van der Waals surface area contributed by atoms with Gasteiger partial charge in [-0.1, -0.05) is 0 Å². The van der Waals surface area contributed by atoms with Crippen molar-refractivity contribution in [2.45, 2.75) is 19.0 Å². The monoisotopic (exact) mass is 203 g/mol. The van der Waals surface area contributed by atoms with Gasteiger partial charge in [0.15, 0.2) is 5.69 Å². The Morgan fingerprint density at radius 2 is 2.14 bits per heavy atom. The average Bonchev–Trinajstić information content (AvgIpc) is 2.44. The molecule has 0 atom stereocenters. The predicted molar refractivity (Wildman–Crippen MR) is 44.7 cm³/mol. The van der Waals surface area contributed by atoms with E-state index in [1.165, 1.54) is 17.9 Å². The van der Waals surface area contributed by atoms with Gasteiger partial charge in [-0.05, 0) is 12.8 Å². The molecule has 1 aromatic heterocycles. The van der Waals surface area contributed by atoms with Crippen LogP contribution in [0.1, 0.15) is 17.8 Å². The molecule has 0 fully saturated rings. The highest BCUT2D eigenvalue weighted by molar-refractivity contribution is 5.69. The van der Waals surface area contributed by atoms with E-state index in [2.05, 4.69) is 10.1 Å². The zero-order valence-electron chi connectivity index (χ0n) is 7.47. The van der Waals surface area contributed by atoms with E-state index in [9.17, 15) is 13.2 Å². The van der Waals surface area contributed by atoms with Gasteiger partial charge >= 0.3 is 6.18 Å². The van der Waals surface area contributed by atoms with E-state index in [0.717, 1.165) is 0 Å². The van der Waals surface area contributed by atoms with E-state index < -0.39 is 11.9 Å². The lowest BCUT2D eigenvalue weighted by Crippen LogP contribution is -2.07. The summed E-state index contributed by atoms with van der Waals surface area (Å²) in [6.45, 7) is 0. The van der Waals surface area contributed by atoms with Gasteiger partial charge in [-0.15, -0.1) is 0 Å². The smallest absolute Gasteiger partial charge is 0.270 e. The topological polar surface area (TPSA) is 30.2 Å². The lowest BCUT2D eigenvalue weighted by atomic mass is 10.1. The summed E-state index contributed by atoms with van der Waals surface area (Å²) in [5.41, 5.74) is -0.350. The molecule has 76 valence electrons. The maximum Gasteiger partial charge on any atom is 0.437 e. The van der Waals surface area contributed by atoms with E-state index in [-0.39, 0.29) is 5.69 Å². The van der Waals surface area contributed by atoms with E-state index in [1.54, 1.807) is 0 Å². The molecule has 0 saturated carbocycles. The third kappa shape index (κ3) is 1.30. The molecule has 0 radical (unpaired) electrons. The van der Waals surface area contributed by atoms with Gasteiger partial charge in [0, 0.05) is 13.3 Å². The Bertz CT molecular complexity index is 389. The highest BCUT2D eigenvalue weighted by atomic mass is 19.4. The van der Waals surface area contributed by atoms with Crippen molar-refractivity contribution in [3.8, 4) is 0 Å². The second-order valence-corrected chi connectivity index (χ2v) is 3.12. The van der Waals surface area contributed by atoms with Crippen LogP contribution in [0.4, 0.5) is 18.9 Å². The van der Waals surface area contributed by atoms with Crippen LogP contribution >= 0.6 is 0 Å². The third-order valence-corrected chi connectivity index (χ3v) is 2.14. The number of aromatic nitrogens is 2. The SMILES string of the molecule is Cn1nc(C(F)(F)F)c2c1CCC=N2. The van der Waals surface area contributed by atoms with E-state index in [4.69, 9.17) is 0 Å². The van der Waals surface area contributed by atoms with Gasteiger partial charge in [0.05, 0.1) is 5.69 Å². The van der Waals surface area contributed by atoms with Crippen molar-refractivity contribution < 1.29 is 13.2 Å². The molecule has 0 amide bonds. The molecule has 0 N–H and O–H groups in total. The zero-order valence-corrected chi connectivity index (χ0v) is 7.47. The normalized spacial score (nSPS) is 15.7. The second-order valence-electron chi connectivity index (χ2n) is 3.12. The molecule has 3 nitrogen and oxygen atoms in total. The van der Waals surface area contributed by atoms with Crippen molar-refractivity contribution in [1.29, 1.82) is 0 Å². The Labute approximate surface area is 78.2 Å². The van der Waals surface area contributed by atoms with Crippen molar-refractivity contribution in [1.82, 2.24) is 9.78 Å². The van der Waals surface area contributed by atoms with Crippen LogP contribution in [0.15, 0.2) is 4.99 Å². The molecule has 0 spiro atoms. The lowest BCUT2D eigenvalue weighted by molar-refractivity contribution is -0.140. The van der Waals surface area contributed by atoms with Crippen LogP contribution in [-0.4, -0.2) is 16.0 Å². The highest BCUT2D eigenvalue weighted by Gasteiger charge is 2.39. The maximum absolute atomic E-state index is 12.4. The van der Waals surface area contributed by atoms with Gasteiger partial charge in [0.2, 0.25) is 0 Å². The van der Waals surface area contributed by atoms with Crippen molar-refractivity contribution in [2.75, 3.05) is 0 Å². The first kappa shape index (κ1) is 9.23. The van der Waals surface area contributed by atoms with Crippen LogP contribution in [0.3, 0.4) is 0 Å². The Morgan fingerprint density at radius 3 is 2.79 bits per heavy atom. The molecule has 2 heterocycles. The average molecular weight is 203 g/mol. The number of hydrogen-bond donors (Lipinski definition) is 0. The molecule has 1 aliphatic heterocycles. The van der Waals surface area contributed by atoms with Gasteiger partial charge in [-0.25, -0.2) is 0 Å². The van der Waals surface area contributed by atoms with Crippen molar-refractivity contribution in [3.05, 3.63) is 11.4 Å². The third-order valence-electron chi connectivity index (χ3n) is 2.14. The lowest BCUT2D eigenvalue weighted by Gasteiger charge is -2.07. The largest absolute Gasteiger partial charge is 0.437 e. The van der Waals surface area contributed by atoms with E-state index in [0.29, 0.717) is 18.5 Å². The zero-order chi connectivity index (χ0) is 10.3. The molecule has 2 rings (SSSR count). The number of hydrogen-bond acceptors (Lipinski definition) is 2. The second kappa shape index (κ2) is 2.83.